The van der Waals surface area contributed by atoms with Gasteiger partial charge < -0.3 is 14.4 Å². The second-order valence-electron chi connectivity index (χ2n) is 2.43. The van der Waals surface area contributed by atoms with Gasteiger partial charge in [0.1, 0.15) is 0 Å². The van der Waals surface area contributed by atoms with Crippen LogP contribution in [0.5, 0.6) is 0 Å². The molecule has 0 N–H and O–H groups in total. The molecule has 0 aromatic rings. The van der Waals surface area contributed by atoms with Crippen LogP contribution in [-0.2, 0) is 29.1 Å². The zero-order valence-electron chi connectivity index (χ0n) is 9.06. The Kier molecular flexibility index (Phi) is 83.1. The molecule has 0 aliphatic heterocycles. The van der Waals surface area contributed by atoms with Gasteiger partial charge in [-0.05, 0) is 13.8 Å². The first-order valence-electron chi connectivity index (χ1n) is 3.46. The molecule has 0 rings (SSSR count). The molecular weight excluding hydrogens is 267 g/mol. The van der Waals surface area contributed by atoms with Crippen LogP contribution in [0.1, 0.15) is 27.7 Å². The van der Waals surface area contributed by atoms with Gasteiger partial charge in [-0.3, -0.25) is 13.6 Å². The maximum atomic E-state index is 7.75. The summed E-state index contributed by atoms with van der Waals surface area (Å²) in [5.74, 6) is 0. The molecule has 14 heavy (non-hydrogen) atoms. The molecule has 0 saturated heterocycles. The SMILES string of the molecule is C=C(C)C.[C-]#[N+]C(C)C.[CH-]=O.[CH-]=O.[Ru+3]. The van der Waals surface area contributed by atoms with Gasteiger partial charge in [0, 0.05) is 13.8 Å². The van der Waals surface area contributed by atoms with Crippen LogP contribution >= 0.6 is 0 Å². The van der Waals surface area contributed by atoms with Crippen molar-refractivity contribution in [2.75, 3.05) is 0 Å². The van der Waals surface area contributed by atoms with Gasteiger partial charge in [0.2, 0.25) is 6.04 Å². The molecular formula is C10H17NO2Ru+. The summed E-state index contributed by atoms with van der Waals surface area (Å²) in [4.78, 5) is 18.6. The molecule has 0 heterocycles. The van der Waals surface area contributed by atoms with Gasteiger partial charge >= 0.3 is 19.5 Å². The van der Waals surface area contributed by atoms with Crippen molar-refractivity contribution in [1.82, 2.24) is 0 Å². The van der Waals surface area contributed by atoms with Gasteiger partial charge in [-0.2, -0.15) is 0 Å². The topological polar surface area (TPSA) is 38.5 Å². The van der Waals surface area contributed by atoms with Crippen molar-refractivity contribution in [2.45, 2.75) is 33.7 Å². The molecule has 0 bridgehead atoms. The van der Waals surface area contributed by atoms with E-state index in [0.29, 0.717) is 0 Å². The van der Waals surface area contributed by atoms with E-state index in [1.807, 2.05) is 27.7 Å². The molecule has 4 heteroatoms. The first-order chi connectivity index (χ1) is 6.00. The van der Waals surface area contributed by atoms with E-state index >= 15 is 0 Å². The second kappa shape index (κ2) is 39.8. The summed E-state index contributed by atoms with van der Waals surface area (Å²) in [6.07, 6.45) is 0. The largest absolute Gasteiger partial charge is 3.00 e. The van der Waals surface area contributed by atoms with Crippen LogP contribution < -0.4 is 0 Å². The molecule has 0 aliphatic carbocycles. The van der Waals surface area contributed by atoms with Crippen molar-refractivity contribution in [3.05, 3.63) is 23.6 Å². The summed E-state index contributed by atoms with van der Waals surface area (Å²) in [6, 6.07) is 0.176. The zero-order chi connectivity index (χ0) is 11.9. The van der Waals surface area contributed by atoms with Crippen molar-refractivity contribution in [3.8, 4) is 0 Å². The number of allylic oxidation sites excluding steroid dienone is 1. The average molecular weight is 284 g/mol. The standard InChI is InChI=1S/C4H7N.C4H8.2CHO.Ru/c1-4(2)5-3;1-4(2)3;2*1-2;/h4H,1-2H3;1H2,2-3H3;2*1H;/q;;2*-1;+3. The normalized spacial score (nSPS) is 5.14. The summed E-state index contributed by atoms with van der Waals surface area (Å²) in [5.41, 5.74) is 1.17. The van der Waals surface area contributed by atoms with Crippen LogP contribution in [0.25, 0.3) is 4.85 Å². The fourth-order valence-electron chi connectivity index (χ4n) is 0. The number of hydrogen-bond donors (Lipinski definition) is 0. The van der Waals surface area contributed by atoms with Gasteiger partial charge in [-0.1, -0.05) is 5.57 Å². The third kappa shape index (κ3) is 817. The first-order valence-corrected chi connectivity index (χ1v) is 3.46. The average Bonchev–Trinajstić information content (AvgIpc) is 2.10. The Morgan fingerprint density at radius 3 is 1.29 bits per heavy atom. The summed E-state index contributed by atoms with van der Waals surface area (Å²) in [7, 11) is 0. The van der Waals surface area contributed by atoms with Crippen LogP contribution in [0.15, 0.2) is 12.2 Å². The van der Waals surface area contributed by atoms with Gasteiger partial charge in [0.15, 0.2) is 0 Å². The monoisotopic (exact) mass is 285 g/mol. The summed E-state index contributed by atoms with van der Waals surface area (Å²) in [5, 5.41) is 0. The minimum Gasteiger partial charge on any atom is -0.545 e. The van der Waals surface area contributed by atoms with E-state index in [-0.39, 0.29) is 25.5 Å². The van der Waals surface area contributed by atoms with Crippen molar-refractivity contribution in [1.29, 1.82) is 0 Å². The minimum absolute atomic E-state index is 0. The van der Waals surface area contributed by atoms with E-state index in [1.165, 1.54) is 5.57 Å². The first kappa shape index (κ1) is 29.2. The second-order valence-corrected chi connectivity index (χ2v) is 2.43. The molecule has 0 aromatic heterocycles. The molecule has 1 radical (unpaired) electrons. The Labute approximate surface area is 100 Å². The van der Waals surface area contributed by atoms with Crippen molar-refractivity contribution in [2.24, 2.45) is 0 Å². The zero-order valence-corrected chi connectivity index (χ0v) is 10.8. The molecule has 0 aromatic carbocycles. The predicted molar refractivity (Wildman–Crippen MR) is 55.7 cm³/mol. The van der Waals surface area contributed by atoms with E-state index in [9.17, 15) is 0 Å². The van der Waals surface area contributed by atoms with E-state index in [0.717, 1.165) is 0 Å². The molecule has 0 spiro atoms. The number of nitrogens with zero attached hydrogens (tertiary/aromatic N) is 1. The van der Waals surface area contributed by atoms with Crippen LogP contribution in [0.2, 0.25) is 0 Å². The Hall–Kier alpha value is -0.807. The predicted octanol–water partition coefficient (Wildman–Crippen LogP) is 2.35. The maximum absolute atomic E-state index is 7.75. The van der Waals surface area contributed by atoms with Crippen molar-refractivity contribution < 1.29 is 29.1 Å². The quantitative estimate of drug-likeness (QED) is 0.296. The molecule has 0 amide bonds. The summed E-state index contributed by atoms with van der Waals surface area (Å²) < 4.78 is 0. The molecule has 0 atom stereocenters. The van der Waals surface area contributed by atoms with Gasteiger partial charge in [0.05, 0.1) is 0 Å². The third-order valence-corrected chi connectivity index (χ3v) is 0.258. The summed E-state index contributed by atoms with van der Waals surface area (Å²) in [6.45, 7) is 24.0. The van der Waals surface area contributed by atoms with Crippen LogP contribution in [0.3, 0.4) is 0 Å². The van der Waals surface area contributed by atoms with Gasteiger partial charge in [-0.25, -0.2) is 6.57 Å². The number of rotatable bonds is 0. The molecule has 0 aliphatic rings. The van der Waals surface area contributed by atoms with E-state index in [4.69, 9.17) is 16.2 Å². The van der Waals surface area contributed by atoms with E-state index < -0.39 is 0 Å². The fraction of sp³-hybridized carbons (Fsp3) is 0.500. The summed E-state index contributed by atoms with van der Waals surface area (Å²) >= 11 is 0. The molecule has 81 valence electrons. The fourth-order valence-corrected chi connectivity index (χ4v) is 0. The molecule has 3 nitrogen and oxygen atoms in total. The van der Waals surface area contributed by atoms with E-state index in [1.54, 1.807) is 0 Å². The molecule has 0 saturated carbocycles. The Bertz CT molecular complexity index is 136. The van der Waals surface area contributed by atoms with Crippen LogP contribution in [-0.4, -0.2) is 19.6 Å². The Balaban J connectivity index is -0.0000000273. The molecule has 0 fully saturated rings. The van der Waals surface area contributed by atoms with Crippen molar-refractivity contribution >= 4 is 13.6 Å². The maximum Gasteiger partial charge on any atom is 3.00 e. The van der Waals surface area contributed by atoms with Crippen LogP contribution in [0, 0.1) is 6.57 Å². The third-order valence-electron chi connectivity index (χ3n) is 0.258. The Morgan fingerprint density at radius 1 is 1.21 bits per heavy atom. The van der Waals surface area contributed by atoms with E-state index in [2.05, 4.69) is 25.0 Å². The van der Waals surface area contributed by atoms with Gasteiger partial charge in [-0.15, -0.1) is 6.58 Å². The van der Waals surface area contributed by atoms with Crippen molar-refractivity contribution in [3.63, 3.8) is 0 Å². The van der Waals surface area contributed by atoms with Crippen LogP contribution in [0.4, 0.5) is 0 Å². The number of carbonyl (C=O) groups excluding carboxylic acids is 2. The van der Waals surface area contributed by atoms with Gasteiger partial charge in [0.25, 0.3) is 0 Å². The molecule has 0 unspecified atom stereocenters. The number of hydrogen-bond acceptors (Lipinski definition) is 2. The smallest absolute Gasteiger partial charge is 0.545 e. The minimum atomic E-state index is 0. The Morgan fingerprint density at radius 2 is 1.29 bits per heavy atom.